The summed E-state index contributed by atoms with van der Waals surface area (Å²) >= 11 is 0. The van der Waals surface area contributed by atoms with Gasteiger partial charge in [0.1, 0.15) is 11.6 Å². The van der Waals surface area contributed by atoms with Crippen LogP contribution < -0.4 is 11.1 Å². The minimum absolute atomic E-state index is 0.0345. The third-order valence-electron chi connectivity index (χ3n) is 3.20. The highest BCUT2D eigenvalue weighted by Crippen LogP contribution is 2.25. The average molecular weight is 284 g/mol. The molecule has 0 saturated carbocycles. The van der Waals surface area contributed by atoms with Crippen LogP contribution in [0.3, 0.4) is 0 Å². The molecule has 2 atom stereocenters. The van der Waals surface area contributed by atoms with E-state index >= 15 is 0 Å². The molecule has 1 rings (SSSR count). The topological polar surface area (TPSA) is 55.1 Å². The van der Waals surface area contributed by atoms with Gasteiger partial charge in [-0.3, -0.25) is 4.79 Å². The number of amides is 1. The largest absolute Gasteiger partial charge is 0.348 e. The first-order valence-corrected chi connectivity index (χ1v) is 6.87. The molecule has 2 unspecified atom stereocenters. The fraction of sp³-hybridized carbons (Fsp3) is 0.533. The molecule has 1 amide bonds. The minimum atomic E-state index is -0.659. The number of benzene rings is 1. The quantitative estimate of drug-likeness (QED) is 0.844. The van der Waals surface area contributed by atoms with Crippen molar-refractivity contribution in [2.45, 2.75) is 45.7 Å². The fourth-order valence-electron chi connectivity index (χ4n) is 2.06. The van der Waals surface area contributed by atoms with Gasteiger partial charge in [0.15, 0.2) is 0 Å². The number of hydrogen-bond acceptors (Lipinski definition) is 2. The number of nitrogens with two attached hydrogens (primary N) is 1. The molecule has 20 heavy (non-hydrogen) atoms. The summed E-state index contributed by atoms with van der Waals surface area (Å²) in [5.41, 5.74) is 6.03. The summed E-state index contributed by atoms with van der Waals surface area (Å²) < 4.78 is 26.8. The van der Waals surface area contributed by atoms with Crippen LogP contribution in [0, 0.1) is 17.6 Å². The van der Waals surface area contributed by atoms with Crippen molar-refractivity contribution in [2.75, 3.05) is 0 Å². The monoisotopic (exact) mass is 284 g/mol. The molecular weight excluding hydrogens is 262 g/mol. The molecular formula is C15H22F2N2O. The fourth-order valence-corrected chi connectivity index (χ4v) is 2.06. The molecule has 0 aliphatic heterocycles. The lowest BCUT2D eigenvalue weighted by atomic mass is 9.95. The zero-order valence-electron chi connectivity index (χ0n) is 12.1. The van der Waals surface area contributed by atoms with E-state index < -0.39 is 23.7 Å². The smallest absolute Gasteiger partial charge is 0.237 e. The van der Waals surface area contributed by atoms with Gasteiger partial charge >= 0.3 is 0 Å². The first kappa shape index (κ1) is 16.6. The first-order chi connectivity index (χ1) is 9.36. The number of carbonyl (C=O) groups excluding carboxylic acids is 1. The van der Waals surface area contributed by atoms with Crippen LogP contribution in [0.25, 0.3) is 0 Å². The van der Waals surface area contributed by atoms with Gasteiger partial charge in [0.25, 0.3) is 0 Å². The van der Waals surface area contributed by atoms with Crippen molar-refractivity contribution in [1.82, 2.24) is 5.32 Å². The summed E-state index contributed by atoms with van der Waals surface area (Å²) in [6.45, 7) is 5.66. The SMILES string of the molecule is CCCC(N)C(=O)NC(c1ccc(F)cc1F)C(C)C. The molecule has 0 radical (unpaired) electrons. The van der Waals surface area contributed by atoms with Crippen LogP contribution >= 0.6 is 0 Å². The van der Waals surface area contributed by atoms with E-state index in [4.69, 9.17) is 5.73 Å². The molecule has 0 saturated heterocycles. The van der Waals surface area contributed by atoms with E-state index in [2.05, 4.69) is 5.32 Å². The molecule has 3 nitrogen and oxygen atoms in total. The van der Waals surface area contributed by atoms with E-state index in [1.165, 1.54) is 12.1 Å². The predicted molar refractivity (Wildman–Crippen MR) is 75.0 cm³/mol. The molecule has 3 N–H and O–H groups in total. The van der Waals surface area contributed by atoms with Crippen LogP contribution in [0.1, 0.15) is 45.2 Å². The van der Waals surface area contributed by atoms with E-state index in [1.54, 1.807) is 0 Å². The lowest BCUT2D eigenvalue weighted by molar-refractivity contribution is -0.123. The third kappa shape index (κ3) is 4.27. The Morgan fingerprint density at radius 1 is 1.35 bits per heavy atom. The molecule has 112 valence electrons. The van der Waals surface area contributed by atoms with Gasteiger partial charge in [0.2, 0.25) is 5.91 Å². The summed E-state index contributed by atoms with van der Waals surface area (Å²) in [6, 6.07) is 2.24. The van der Waals surface area contributed by atoms with E-state index in [9.17, 15) is 13.6 Å². The molecule has 0 spiro atoms. The highest BCUT2D eigenvalue weighted by Gasteiger charge is 2.24. The predicted octanol–water partition coefficient (Wildman–Crippen LogP) is 2.91. The molecule has 1 aromatic carbocycles. The standard InChI is InChI=1S/C15H22F2N2O/c1-4-5-13(18)15(20)19-14(9(2)3)11-7-6-10(16)8-12(11)17/h6-9,13-14H,4-5,18H2,1-3H3,(H,19,20). The van der Waals surface area contributed by atoms with Crippen LogP contribution in [0.15, 0.2) is 18.2 Å². The van der Waals surface area contributed by atoms with E-state index in [0.29, 0.717) is 6.42 Å². The second-order valence-corrected chi connectivity index (χ2v) is 5.29. The first-order valence-electron chi connectivity index (χ1n) is 6.87. The molecule has 0 heterocycles. The van der Waals surface area contributed by atoms with Crippen LogP contribution in [0.4, 0.5) is 8.78 Å². The van der Waals surface area contributed by atoms with Crippen molar-refractivity contribution >= 4 is 5.91 Å². The Morgan fingerprint density at radius 3 is 2.50 bits per heavy atom. The molecule has 0 bridgehead atoms. The van der Waals surface area contributed by atoms with Crippen LogP contribution in [0.5, 0.6) is 0 Å². The third-order valence-corrected chi connectivity index (χ3v) is 3.20. The highest BCUT2D eigenvalue weighted by molar-refractivity contribution is 5.81. The molecule has 1 aromatic rings. The second-order valence-electron chi connectivity index (χ2n) is 5.29. The Morgan fingerprint density at radius 2 is 2.00 bits per heavy atom. The van der Waals surface area contributed by atoms with Crippen molar-refractivity contribution in [3.63, 3.8) is 0 Å². The maximum absolute atomic E-state index is 13.8. The van der Waals surface area contributed by atoms with Gasteiger partial charge in [0.05, 0.1) is 12.1 Å². The summed E-state index contributed by atoms with van der Waals surface area (Å²) in [4.78, 5) is 12.0. The number of nitrogens with one attached hydrogen (secondary N) is 1. The second kappa shape index (κ2) is 7.33. The molecule has 5 heteroatoms. The summed E-state index contributed by atoms with van der Waals surface area (Å²) in [6.07, 6.45) is 1.37. The molecule has 0 aliphatic carbocycles. The van der Waals surface area contributed by atoms with Crippen molar-refractivity contribution < 1.29 is 13.6 Å². The minimum Gasteiger partial charge on any atom is -0.348 e. The van der Waals surface area contributed by atoms with Crippen molar-refractivity contribution in [3.05, 3.63) is 35.4 Å². The highest BCUT2D eigenvalue weighted by atomic mass is 19.1. The van der Waals surface area contributed by atoms with E-state index in [-0.39, 0.29) is 17.4 Å². The van der Waals surface area contributed by atoms with Gasteiger partial charge in [-0.1, -0.05) is 33.3 Å². The average Bonchev–Trinajstić information content (AvgIpc) is 2.36. The molecule has 0 aromatic heterocycles. The van der Waals surface area contributed by atoms with Gasteiger partial charge in [-0.2, -0.15) is 0 Å². The maximum Gasteiger partial charge on any atom is 0.237 e. The Kier molecular flexibility index (Phi) is 6.07. The van der Waals surface area contributed by atoms with Gasteiger partial charge in [-0.05, 0) is 18.4 Å². The lowest BCUT2D eigenvalue weighted by Gasteiger charge is -2.25. The van der Waals surface area contributed by atoms with Gasteiger partial charge < -0.3 is 11.1 Å². The number of hydrogen-bond donors (Lipinski definition) is 2. The van der Waals surface area contributed by atoms with Crippen LogP contribution in [-0.4, -0.2) is 11.9 Å². The van der Waals surface area contributed by atoms with E-state index in [0.717, 1.165) is 12.5 Å². The van der Waals surface area contributed by atoms with E-state index in [1.807, 2.05) is 20.8 Å². The summed E-state index contributed by atoms with van der Waals surface area (Å²) in [5, 5.41) is 2.75. The zero-order valence-corrected chi connectivity index (χ0v) is 12.1. The summed E-state index contributed by atoms with van der Waals surface area (Å²) in [7, 11) is 0. The Labute approximate surface area is 118 Å². The summed E-state index contributed by atoms with van der Waals surface area (Å²) in [5.74, 6) is -1.64. The Hall–Kier alpha value is -1.49. The van der Waals surface area contributed by atoms with Gasteiger partial charge in [-0.15, -0.1) is 0 Å². The zero-order chi connectivity index (χ0) is 15.3. The normalized spacial score (nSPS) is 14.2. The van der Waals surface area contributed by atoms with Crippen LogP contribution in [-0.2, 0) is 4.79 Å². The number of halogens is 2. The lowest BCUT2D eigenvalue weighted by Crippen LogP contribution is -2.43. The van der Waals surface area contributed by atoms with Gasteiger partial charge in [-0.25, -0.2) is 8.78 Å². The van der Waals surface area contributed by atoms with Crippen molar-refractivity contribution in [1.29, 1.82) is 0 Å². The van der Waals surface area contributed by atoms with Crippen molar-refractivity contribution in [3.8, 4) is 0 Å². The molecule has 0 fully saturated rings. The van der Waals surface area contributed by atoms with Crippen molar-refractivity contribution in [2.24, 2.45) is 11.7 Å². The number of rotatable bonds is 6. The number of carbonyl (C=O) groups is 1. The Bertz CT molecular complexity index is 463. The molecule has 0 aliphatic rings. The van der Waals surface area contributed by atoms with Gasteiger partial charge in [0, 0.05) is 11.6 Å². The maximum atomic E-state index is 13.8. The van der Waals surface area contributed by atoms with Crippen LogP contribution in [0.2, 0.25) is 0 Å². The Balaban J connectivity index is 2.92.